The largest absolute Gasteiger partial charge is 0.472 e. The number of allylic oxidation sites excluding steroid dienone is 7. The second-order valence-corrected chi connectivity index (χ2v) is 24.7. The molecule has 0 rings (SSSR count). The van der Waals surface area contributed by atoms with Gasteiger partial charge in [-0.2, -0.15) is 0 Å². The first-order valence-electron chi connectivity index (χ1n) is 32.5. The number of nitrogens with one attached hydrogen (secondary N) is 1. The van der Waals surface area contributed by atoms with E-state index in [-0.39, 0.29) is 31.5 Å². The first kappa shape index (κ1) is 74.0. The van der Waals surface area contributed by atoms with E-state index in [4.69, 9.17) is 13.8 Å². The molecular weight excluding hydrogens is 964 g/mol. The number of unbranched alkanes of at least 4 members (excludes halogenated alkanes) is 37. The Balaban J connectivity index is 5.09. The molecule has 9 nitrogen and oxygen atoms in total. The van der Waals surface area contributed by atoms with Crippen LogP contribution in [0.25, 0.3) is 0 Å². The summed E-state index contributed by atoms with van der Waals surface area (Å²) in [6, 6.07) is -0.868. The van der Waals surface area contributed by atoms with Crippen LogP contribution in [-0.2, 0) is 27.9 Å². The molecule has 0 aromatic rings. The normalized spacial score (nSPS) is 13.9. The van der Waals surface area contributed by atoms with Gasteiger partial charge in [0.1, 0.15) is 19.3 Å². The van der Waals surface area contributed by atoms with Crippen LogP contribution in [0, 0.1) is 0 Å². The fourth-order valence-corrected chi connectivity index (χ4v) is 10.2. The third-order valence-corrected chi connectivity index (χ3v) is 15.5. The Labute approximate surface area is 471 Å². The predicted octanol–water partition coefficient (Wildman–Crippen LogP) is 20.1. The molecule has 0 aromatic carbocycles. The van der Waals surface area contributed by atoms with E-state index in [2.05, 4.69) is 56.5 Å². The van der Waals surface area contributed by atoms with Gasteiger partial charge in [0, 0.05) is 12.8 Å². The maximum Gasteiger partial charge on any atom is 0.472 e. The Bertz CT molecular complexity index is 1440. The summed E-state index contributed by atoms with van der Waals surface area (Å²) in [5.74, 6) is -0.573. The molecule has 0 bridgehead atoms. The molecular formula is C66H126N2O7P+. The summed E-state index contributed by atoms with van der Waals surface area (Å²) in [6.45, 7) is 6.99. The van der Waals surface area contributed by atoms with Crippen LogP contribution in [0.1, 0.15) is 310 Å². The van der Waals surface area contributed by atoms with E-state index < -0.39 is 20.0 Å². The molecule has 0 aliphatic heterocycles. The summed E-state index contributed by atoms with van der Waals surface area (Å²) in [6.07, 6.45) is 70.0. The molecule has 0 radical (unpaired) electrons. The highest BCUT2D eigenvalue weighted by molar-refractivity contribution is 7.47. The van der Waals surface area contributed by atoms with Gasteiger partial charge in [0.25, 0.3) is 0 Å². The molecule has 0 aliphatic carbocycles. The second-order valence-electron chi connectivity index (χ2n) is 23.3. The Morgan fingerprint density at radius 2 is 0.816 bits per heavy atom. The highest BCUT2D eigenvalue weighted by Crippen LogP contribution is 2.43. The van der Waals surface area contributed by atoms with E-state index in [1.54, 1.807) is 0 Å². The highest BCUT2D eigenvalue weighted by Gasteiger charge is 2.30. The highest BCUT2D eigenvalue weighted by atomic mass is 31.2. The fourth-order valence-electron chi connectivity index (χ4n) is 9.46. The third kappa shape index (κ3) is 56.7. The van der Waals surface area contributed by atoms with E-state index in [0.29, 0.717) is 23.9 Å². The minimum absolute atomic E-state index is 0.0338. The minimum Gasteiger partial charge on any atom is -0.456 e. The quantitative estimate of drug-likeness (QED) is 0.0205. The van der Waals surface area contributed by atoms with Gasteiger partial charge in [0.15, 0.2) is 0 Å². The lowest BCUT2D eigenvalue weighted by Gasteiger charge is -2.27. The SMILES string of the molecule is CCCCCCCC/C=C\C/C=C/CCC(=O)OC(/C=C\CCCCCCCCCCCC)C(COP(=O)(O)OCC[N+](C)(C)C)NC(=O)CCCCCCCCCCCCCCCCC/C=C/CCCCCCCC. The zero-order valence-corrected chi connectivity index (χ0v) is 51.9. The van der Waals surface area contributed by atoms with Crippen molar-refractivity contribution >= 4 is 19.7 Å². The van der Waals surface area contributed by atoms with Gasteiger partial charge in [-0.15, -0.1) is 0 Å². The number of quaternary nitrogens is 1. The molecule has 10 heteroatoms. The average Bonchev–Trinajstić information content (AvgIpc) is 3.38. The van der Waals surface area contributed by atoms with E-state index in [0.717, 1.165) is 51.4 Å². The number of ether oxygens (including phenoxy) is 1. The molecule has 0 aliphatic rings. The number of esters is 1. The van der Waals surface area contributed by atoms with Gasteiger partial charge < -0.3 is 19.4 Å². The summed E-state index contributed by atoms with van der Waals surface area (Å²) in [7, 11) is 1.48. The van der Waals surface area contributed by atoms with Crippen molar-refractivity contribution < 1.29 is 37.3 Å². The molecule has 0 fully saturated rings. The lowest BCUT2D eigenvalue weighted by atomic mass is 10.0. The van der Waals surface area contributed by atoms with Crippen molar-refractivity contribution in [2.75, 3.05) is 40.9 Å². The zero-order valence-electron chi connectivity index (χ0n) is 51.0. The minimum atomic E-state index is -4.46. The lowest BCUT2D eigenvalue weighted by molar-refractivity contribution is -0.870. The van der Waals surface area contributed by atoms with Gasteiger partial charge in [-0.05, 0) is 76.7 Å². The molecule has 0 aromatic heterocycles. The Morgan fingerprint density at radius 3 is 1.22 bits per heavy atom. The van der Waals surface area contributed by atoms with Crippen LogP contribution in [0.4, 0.5) is 0 Å². The molecule has 0 heterocycles. The van der Waals surface area contributed by atoms with Crippen molar-refractivity contribution in [3.8, 4) is 0 Å². The van der Waals surface area contributed by atoms with Gasteiger partial charge in [0.2, 0.25) is 5.91 Å². The van der Waals surface area contributed by atoms with Crippen LogP contribution >= 0.6 is 7.82 Å². The van der Waals surface area contributed by atoms with E-state index in [1.165, 1.54) is 218 Å². The number of amides is 1. The first-order chi connectivity index (χ1) is 36.9. The van der Waals surface area contributed by atoms with Crippen molar-refractivity contribution in [2.24, 2.45) is 0 Å². The molecule has 0 spiro atoms. The summed E-state index contributed by atoms with van der Waals surface area (Å²) in [4.78, 5) is 37.6. The van der Waals surface area contributed by atoms with Gasteiger partial charge >= 0.3 is 13.8 Å². The maximum absolute atomic E-state index is 13.6. The second kappa shape index (κ2) is 56.3. The van der Waals surface area contributed by atoms with Gasteiger partial charge in [0.05, 0.1) is 33.8 Å². The monoisotopic (exact) mass is 1090 g/mol. The molecule has 3 unspecified atom stereocenters. The van der Waals surface area contributed by atoms with Crippen molar-refractivity contribution in [3.05, 3.63) is 48.6 Å². The van der Waals surface area contributed by atoms with Crippen LogP contribution in [0.5, 0.6) is 0 Å². The maximum atomic E-state index is 13.6. The number of carbonyl (C=O) groups is 2. The average molecular weight is 1090 g/mol. The smallest absolute Gasteiger partial charge is 0.456 e. The van der Waals surface area contributed by atoms with Crippen molar-refractivity contribution in [1.29, 1.82) is 0 Å². The number of phosphoric acid groups is 1. The molecule has 0 saturated heterocycles. The van der Waals surface area contributed by atoms with Gasteiger partial charge in [-0.1, -0.05) is 269 Å². The van der Waals surface area contributed by atoms with Crippen LogP contribution in [0.15, 0.2) is 48.6 Å². The van der Waals surface area contributed by atoms with Gasteiger partial charge in [-0.25, -0.2) is 4.57 Å². The van der Waals surface area contributed by atoms with Crippen LogP contribution < -0.4 is 5.32 Å². The number of hydrogen-bond donors (Lipinski definition) is 2. The summed E-state index contributed by atoms with van der Waals surface area (Å²) in [5.41, 5.74) is 0. The molecule has 0 saturated carbocycles. The summed E-state index contributed by atoms with van der Waals surface area (Å²) >= 11 is 0. The molecule has 2 N–H and O–H groups in total. The van der Waals surface area contributed by atoms with Crippen molar-refractivity contribution in [2.45, 2.75) is 322 Å². The predicted molar refractivity (Wildman–Crippen MR) is 328 cm³/mol. The fraction of sp³-hybridized carbons (Fsp3) is 0.848. The van der Waals surface area contributed by atoms with Crippen molar-refractivity contribution in [3.63, 3.8) is 0 Å². The number of phosphoric ester groups is 1. The third-order valence-electron chi connectivity index (χ3n) is 14.5. The summed E-state index contributed by atoms with van der Waals surface area (Å²) < 4.78 is 30.6. The van der Waals surface area contributed by atoms with E-state index in [9.17, 15) is 19.0 Å². The summed E-state index contributed by atoms with van der Waals surface area (Å²) in [5, 5.41) is 3.05. The zero-order chi connectivity index (χ0) is 55.7. The Morgan fingerprint density at radius 1 is 0.461 bits per heavy atom. The first-order valence-corrected chi connectivity index (χ1v) is 34.0. The van der Waals surface area contributed by atoms with Gasteiger partial charge in [-0.3, -0.25) is 18.6 Å². The molecule has 446 valence electrons. The van der Waals surface area contributed by atoms with E-state index in [1.807, 2.05) is 39.4 Å². The van der Waals surface area contributed by atoms with E-state index >= 15 is 0 Å². The van der Waals surface area contributed by atoms with Crippen LogP contribution in [0.3, 0.4) is 0 Å². The number of carbonyl (C=O) groups excluding carboxylic acids is 2. The molecule has 76 heavy (non-hydrogen) atoms. The number of hydrogen-bond acceptors (Lipinski definition) is 6. The van der Waals surface area contributed by atoms with Crippen molar-refractivity contribution in [1.82, 2.24) is 5.32 Å². The Hall–Kier alpha value is -2.03. The lowest BCUT2D eigenvalue weighted by Crippen LogP contribution is -2.47. The standard InChI is InChI=1S/C66H125N2O7P/c1-7-10-13-16-19-22-25-28-29-30-31-32-33-34-35-36-37-38-39-41-43-46-49-52-55-58-65(69)67-63(62-74-76(71,72)73-61-60-68(4,5)6)64(57-54-51-48-45-42-27-24-21-18-15-12-9-3)75-66(70)59-56-53-50-47-44-40-26-23-20-17-14-11-8-2/h28-29,40,44,50,53-54,57,63-64H,7-27,30-39,41-43,45-49,51-52,55-56,58-62H2,1-6H3,(H-,67,69,71,72)/p+1/b29-28+,44-40-,53-50+,57-54-. The molecule has 3 atom stereocenters. The number of rotatable bonds is 59. The van der Waals surface area contributed by atoms with Crippen LogP contribution in [0.2, 0.25) is 0 Å². The molecule has 1 amide bonds. The number of nitrogens with zero attached hydrogens (tertiary/aromatic N) is 1. The Kier molecular flexibility index (Phi) is 54.7. The number of likely N-dealkylation sites (N-methyl/N-ethyl adjacent to an activating group) is 1. The topological polar surface area (TPSA) is 111 Å². The van der Waals surface area contributed by atoms with Crippen LogP contribution in [-0.4, -0.2) is 74.3 Å².